The van der Waals surface area contributed by atoms with Crippen LogP contribution in [0.25, 0.3) is 0 Å². The maximum absolute atomic E-state index is 12.9. The molecule has 1 aliphatic rings. The Labute approximate surface area is 161 Å². The fraction of sp³-hybridized carbons (Fsp3) is 0.263. The van der Waals surface area contributed by atoms with Crippen molar-refractivity contribution < 1.29 is 14.7 Å². The lowest BCUT2D eigenvalue weighted by molar-refractivity contribution is -0.133. The molecule has 136 valence electrons. The molecule has 0 aromatic heterocycles. The van der Waals surface area contributed by atoms with Crippen LogP contribution in [-0.2, 0) is 16.8 Å². The number of carbonyl (C=O) groups excluding carboxylic acids is 2. The molecular weight excluding hydrogens is 375 g/mol. The van der Waals surface area contributed by atoms with Gasteiger partial charge < -0.3 is 15.7 Å². The quantitative estimate of drug-likeness (QED) is 0.671. The van der Waals surface area contributed by atoms with E-state index in [1.165, 1.54) is 12.1 Å². The van der Waals surface area contributed by atoms with Crippen molar-refractivity contribution in [1.82, 2.24) is 0 Å². The molecule has 1 atom stereocenters. The zero-order chi connectivity index (χ0) is 19.1. The lowest BCUT2D eigenvalue weighted by Gasteiger charge is -2.22. The van der Waals surface area contributed by atoms with Crippen molar-refractivity contribution in [3.05, 3.63) is 57.1 Å². The Morgan fingerprint density at radius 3 is 2.58 bits per heavy atom. The summed E-state index contributed by atoms with van der Waals surface area (Å²) in [6, 6.07) is 8.39. The lowest BCUT2D eigenvalue weighted by atomic mass is 9.86. The van der Waals surface area contributed by atoms with E-state index in [4.69, 9.17) is 23.2 Å². The Kier molecular flexibility index (Phi) is 4.97. The van der Waals surface area contributed by atoms with Crippen molar-refractivity contribution in [2.45, 2.75) is 25.4 Å². The fourth-order valence-electron chi connectivity index (χ4n) is 3.22. The van der Waals surface area contributed by atoms with Gasteiger partial charge in [-0.1, -0.05) is 30.1 Å². The van der Waals surface area contributed by atoms with Gasteiger partial charge in [0.2, 0.25) is 0 Å². The summed E-state index contributed by atoms with van der Waals surface area (Å²) in [5.74, 6) is -1.05. The predicted octanol–water partition coefficient (Wildman–Crippen LogP) is 4.01. The molecule has 2 aromatic carbocycles. The molecule has 2 aromatic rings. The van der Waals surface area contributed by atoms with Gasteiger partial charge in [-0.15, -0.1) is 0 Å². The number of benzene rings is 2. The number of halogens is 2. The van der Waals surface area contributed by atoms with Crippen LogP contribution in [0.4, 0.5) is 11.4 Å². The van der Waals surface area contributed by atoms with E-state index < -0.39 is 17.9 Å². The molecule has 5 nitrogen and oxygen atoms in total. The third-order valence-corrected chi connectivity index (χ3v) is 5.25. The standard InChI is InChI=1S/C19H18Cl2N2O3/c1-3-10-8-11(22-2)4-5-12(10)15(24)9-19(26)16-13(20)6-7-14(21)17(16)23-18(19)25/h4-8,22,26H,3,9H2,1-2H3,(H,23,25). The molecule has 7 heteroatoms. The monoisotopic (exact) mass is 392 g/mol. The minimum atomic E-state index is -2.05. The number of carbonyl (C=O) groups is 2. The number of fused-ring (bicyclic) bond motifs is 1. The van der Waals surface area contributed by atoms with Crippen molar-refractivity contribution in [3.63, 3.8) is 0 Å². The molecule has 0 aliphatic carbocycles. The van der Waals surface area contributed by atoms with Gasteiger partial charge >= 0.3 is 0 Å². The summed E-state index contributed by atoms with van der Waals surface area (Å²) >= 11 is 12.3. The van der Waals surface area contributed by atoms with Gasteiger partial charge in [0.25, 0.3) is 5.91 Å². The number of aryl methyl sites for hydroxylation is 1. The Morgan fingerprint density at radius 1 is 1.23 bits per heavy atom. The number of rotatable bonds is 5. The van der Waals surface area contributed by atoms with Crippen LogP contribution in [0.1, 0.15) is 34.8 Å². The summed E-state index contributed by atoms with van der Waals surface area (Å²) in [7, 11) is 1.80. The first-order valence-corrected chi connectivity index (χ1v) is 8.93. The zero-order valence-corrected chi connectivity index (χ0v) is 15.8. The Bertz CT molecular complexity index is 914. The van der Waals surface area contributed by atoms with E-state index >= 15 is 0 Å². The molecular formula is C19H18Cl2N2O3. The molecule has 1 aliphatic heterocycles. The third kappa shape index (κ3) is 2.96. The van der Waals surface area contributed by atoms with Crippen LogP contribution in [0, 0.1) is 0 Å². The van der Waals surface area contributed by atoms with Crippen LogP contribution >= 0.6 is 23.2 Å². The van der Waals surface area contributed by atoms with E-state index in [0.29, 0.717) is 12.0 Å². The van der Waals surface area contributed by atoms with Gasteiger partial charge in [-0.2, -0.15) is 0 Å². The molecule has 0 spiro atoms. The van der Waals surface area contributed by atoms with Gasteiger partial charge in [0.1, 0.15) is 0 Å². The molecule has 1 heterocycles. The van der Waals surface area contributed by atoms with E-state index in [0.717, 1.165) is 11.3 Å². The number of Topliss-reactive ketones (excluding diaryl/α,β-unsaturated/α-hetero) is 1. The van der Waals surface area contributed by atoms with Crippen molar-refractivity contribution in [2.75, 3.05) is 17.7 Å². The number of nitrogens with one attached hydrogen (secondary N) is 2. The van der Waals surface area contributed by atoms with Gasteiger partial charge in [0.05, 0.1) is 17.1 Å². The number of ketones is 1. The fourth-order valence-corrected chi connectivity index (χ4v) is 3.74. The minimum Gasteiger partial charge on any atom is -0.388 e. The smallest absolute Gasteiger partial charge is 0.261 e. The highest BCUT2D eigenvalue weighted by Gasteiger charge is 2.49. The topological polar surface area (TPSA) is 78.4 Å². The van der Waals surface area contributed by atoms with Crippen LogP contribution in [0.2, 0.25) is 10.0 Å². The minimum absolute atomic E-state index is 0.148. The first-order valence-electron chi connectivity index (χ1n) is 8.18. The van der Waals surface area contributed by atoms with Crippen LogP contribution in [0.3, 0.4) is 0 Å². The number of hydrogen-bond donors (Lipinski definition) is 3. The lowest BCUT2D eigenvalue weighted by Crippen LogP contribution is -2.37. The van der Waals surface area contributed by atoms with Gasteiger partial charge in [-0.05, 0) is 42.3 Å². The molecule has 0 saturated carbocycles. The Balaban J connectivity index is 2.01. The van der Waals surface area contributed by atoms with Crippen molar-refractivity contribution >= 4 is 46.3 Å². The van der Waals surface area contributed by atoms with Gasteiger partial charge in [0.15, 0.2) is 11.4 Å². The molecule has 3 N–H and O–H groups in total. The number of hydrogen-bond acceptors (Lipinski definition) is 4. The number of aliphatic hydroxyl groups is 1. The molecule has 0 radical (unpaired) electrons. The molecule has 0 saturated heterocycles. The average Bonchev–Trinajstić information content (AvgIpc) is 2.89. The second-order valence-corrected chi connectivity index (χ2v) is 6.98. The van der Waals surface area contributed by atoms with Crippen LogP contribution in [-0.4, -0.2) is 23.8 Å². The van der Waals surface area contributed by atoms with Crippen LogP contribution in [0.15, 0.2) is 30.3 Å². The average molecular weight is 393 g/mol. The normalized spacial score (nSPS) is 18.4. The Morgan fingerprint density at radius 2 is 1.92 bits per heavy atom. The number of amides is 1. The molecule has 1 unspecified atom stereocenters. The summed E-state index contributed by atoms with van der Waals surface area (Å²) < 4.78 is 0. The predicted molar refractivity (Wildman–Crippen MR) is 103 cm³/mol. The highest BCUT2D eigenvalue weighted by molar-refractivity contribution is 6.38. The first-order chi connectivity index (χ1) is 12.3. The maximum atomic E-state index is 12.9. The van der Waals surface area contributed by atoms with Crippen molar-refractivity contribution in [3.8, 4) is 0 Å². The molecule has 3 rings (SSSR count). The maximum Gasteiger partial charge on any atom is 0.261 e. The van der Waals surface area contributed by atoms with E-state index in [2.05, 4.69) is 10.6 Å². The van der Waals surface area contributed by atoms with E-state index in [-0.39, 0.29) is 27.1 Å². The van der Waals surface area contributed by atoms with Crippen molar-refractivity contribution in [1.29, 1.82) is 0 Å². The van der Waals surface area contributed by atoms with Crippen LogP contribution in [0.5, 0.6) is 0 Å². The summed E-state index contributed by atoms with van der Waals surface area (Å²) in [6.45, 7) is 1.94. The van der Waals surface area contributed by atoms with E-state index in [9.17, 15) is 14.7 Å². The summed E-state index contributed by atoms with van der Waals surface area (Å²) in [4.78, 5) is 25.3. The van der Waals surface area contributed by atoms with E-state index in [1.807, 2.05) is 13.0 Å². The van der Waals surface area contributed by atoms with E-state index in [1.54, 1.807) is 19.2 Å². The summed E-state index contributed by atoms with van der Waals surface area (Å²) in [5.41, 5.74) is 0.535. The highest BCUT2D eigenvalue weighted by atomic mass is 35.5. The van der Waals surface area contributed by atoms with Crippen molar-refractivity contribution in [2.24, 2.45) is 0 Å². The SMILES string of the molecule is CCc1cc(NC)ccc1C(=O)CC1(O)C(=O)Nc2c(Cl)ccc(Cl)c21. The Hall–Kier alpha value is -2.08. The van der Waals surface area contributed by atoms with Crippen LogP contribution < -0.4 is 10.6 Å². The summed E-state index contributed by atoms with van der Waals surface area (Å²) in [5, 5.41) is 17.0. The molecule has 0 fully saturated rings. The summed E-state index contributed by atoms with van der Waals surface area (Å²) in [6.07, 6.45) is 0.224. The highest BCUT2D eigenvalue weighted by Crippen LogP contribution is 2.46. The second-order valence-electron chi connectivity index (χ2n) is 6.17. The van der Waals surface area contributed by atoms with Gasteiger partial charge in [0, 0.05) is 28.9 Å². The molecule has 0 bridgehead atoms. The largest absolute Gasteiger partial charge is 0.388 e. The molecule has 1 amide bonds. The van der Waals surface area contributed by atoms with Gasteiger partial charge in [-0.25, -0.2) is 0 Å². The zero-order valence-electron chi connectivity index (χ0n) is 14.3. The third-order valence-electron chi connectivity index (χ3n) is 4.62. The number of anilines is 2. The first kappa shape index (κ1) is 18.7. The molecule has 26 heavy (non-hydrogen) atoms. The van der Waals surface area contributed by atoms with Gasteiger partial charge in [-0.3, -0.25) is 9.59 Å². The second kappa shape index (κ2) is 6.91.